The highest BCUT2D eigenvalue weighted by molar-refractivity contribution is 5.92. The van der Waals surface area contributed by atoms with Crippen molar-refractivity contribution in [1.82, 2.24) is 9.88 Å². The van der Waals surface area contributed by atoms with Crippen LogP contribution in [0.5, 0.6) is 0 Å². The van der Waals surface area contributed by atoms with Gasteiger partial charge in [-0.1, -0.05) is 36.4 Å². The normalized spacial score (nSPS) is 14.4. The number of piperazine rings is 1. The molecule has 4 aromatic rings. The van der Waals surface area contributed by atoms with Crippen LogP contribution in [0.2, 0.25) is 0 Å². The quantitative estimate of drug-likeness (QED) is 0.394. The van der Waals surface area contributed by atoms with Crippen LogP contribution in [0.1, 0.15) is 6.42 Å². The summed E-state index contributed by atoms with van der Waals surface area (Å²) < 4.78 is 5.33. The fraction of sp³-hybridized carbons (Fsp3) is 0.308. The fourth-order valence-electron chi connectivity index (χ4n) is 4.60. The van der Waals surface area contributed by atoms with Gasteiger partial charge >= 0.3 is 5.63 Å². The number of anilines is 2. The van der Waals surface area contributed by atoms with E-state index in [2.05, 4.69) is 50.0 Å². The van der Waals surface area contributed by atoms with Gasteiger partial charge in [0.1, 0.15) is 11.4 Å². The topological polar surface area (TPSA) is 52.8 Å². The van der Waals surface area contributed by atoms with Crippen LogP contribution < -0.4 is 15.4 Å². The molecular formula is C26H29ClN4O2. The molecule has 7 heteroatoms. The van der Waals surface area contributed by atoms with E-state index in [-0.39, 0.29) is 18.0 Å². The predicted octanol–water partition coefficient (Wildman–Crippen LogP) is 4.41. The summed E-state index contributed by atoms with van der Waals surface area (Å²) in [6, 6.07) is 19.9. The van der Waals surface area contributed by atoms with E-state index in [1.807, 2.05) is 37.5 Å². The minimum absolute atomic E-state index is 0. The first kappa shape index (κ1) is 23.1. The molecule has 2 aromatic carbocycles. The summed E-state index contributed by atoms with van der Waals surface area (Å²) in [7, 11) is 2.05. The molecule has 0 unspecified atom stereocenters. The van der Waals surface area contributed by atoms with E-state index in [0.29, 0.717) is 5.58 Å². The lowest BCUT2D eigenvalue weighted by Crippen LogP contribution is -2.47. The summed E-state index contributed by atoms with van der Waals surface area (Å²) in [4.78, 5) is 23.7. The maximum absolute atomic E-state index is 11.9. The van der Waals surface area contributed by atoms with Gasteiger partial charge in [0.15, 0.2) is 0 Å². The highest BCUT2D eigenvalue weighted by Crippen LogP contribution is 2.26. The molecular weight excluding hydrogens is 436 g/mol. The number of nitrogens with zero attached hydrogens (tertiary/aromatic N) is 4. The van der Waals surface area contributed by atoms with Crippen LogP contribution in [-0.2, 0) is 0 Å². The first-order valence-corrected chi connectivity index (χ1v) is 11.2. The number of para-hydroxylation sites is 1. The first-order valence-electron chi connectivity index (χ1n) is 11.2. The molecule has 0 atom stereocenters. The molecule has 0 amide bonds. The van der Waals surface area contributed by atoms with Crippen molar-refractivity contribution in [2.45, 2.75) is 6.42 Å². The minimum atomic E-state index is -0.302. The van der Waals surface area contributed by atoms with Gasteiger partial charge in [0.25, 0.3) is 0 Å². The molecule has 172 valence electrons. The van der Waals surface area contributed by atoms with Gasteiger partial charge in [0.05, 0.1) is 5.69 Å². The third kappa shape index (κ3) is 4.97. The molecule has 1 fully saturated rings. The van der Waals surface area contributed by atoms with Crippen molar-refractivity contribution in [1.29, 1.82) is 0 Å². The summed E-state index contributed by atoms with van der Waals surface area (Å²) in [5, 5.41) is 3.45. The minimum Gasteiger partial charge on any atom is -0.423 e. The van der Waals surface area contributed by atoms with Gasteiger partial charge in [-0.15, -0.1) is 12.4 Å². The number of halogens is 1. The van der Waals surface area contributed by atoms with E-state index in [0.717, 1.165) is 62.6 Å². The Bertz CT molecular complexity index is 1280. The third-order valence-electron chi connectivity index (χ3n) is 6.33. The summed E-state index contributed by atoms with van der Waals surface area (Å²) in [6.45, 7) is 5.97. The molecule has 33 heavy (non-hydrogen) atoms. The van der Waals surface area contributed by atoms with Gasteiger partial charge in [-0.3, -0.25) is 4.90 Å². The lowest BCUT2D eigenvalue weighted by molar-refractivity contribution is 0.255. The Morgan fingerprint density at radius 3 is 2.52 bits per heavy atom. The molecule has 2 aromatic heterocycles. The average molecular weight is 465 g/mol. The molecule has 0 radical (unpaired) electrons. The highest BCUT2D eigenvalue weighted by atomic mass is 35.5. The lowest BCUT2D eigenvalue weighted by Gasteiger charge is -2.36. The number of fused-ring (bicyclic) bond motifs is 2. The summed E-state index contributed by atoms with van der Waals surface area (Å²) in [5.41, 5.74) is 1.27. The number of benzene rings is 2. The zero-order valence-corrected chi connectivity index (χ0v) is 19.6. The van der Waals surface area contributed by atoms with Gasteiger partial charge in [0.2, 0.25) is 0 Å². The van der Waals surface area contributed by atoms with E-state index in [1.165, 1.54) is 10.8 Å². The second kappa shape index (κ2) is 10.2. The van der Waals surface area contributed by atoms with E-state index in [4.69, 9.17) is 4.42 Å². The molecule has 6 nitrogen and oxygen atoms in total. The lowest BCUT2D eigenvalue weighted by atomic mass is 10.1. The fourth-order valence-corrected chi connectivity index (χ4v) is 4.60. The van der Waals surface area contributed by atoms with Gasteiger partial charge in [-0.2, -0.15) is 0 Å². The molecule has 5 rings (SSSR count). The molecule has 0 spiro atoms. The number of aromatic nitrogens is 1. The average Bonchev–Trinajstić information content (AvgIpc) is 2.83. The van der Waals surface area contributed by atoms with Crippen LogP contribution in [0.25, 0.3) is 21.7 Å². The molecule has 1 saturated heterocycles. The smallest absolute Gasteiger partial charge is 0.338 e. The van der Waals surface area contributed by atoms with E-state index in [1.54, 1.807) is 6.07 Å². The monoisotopic (exact) mass is 464 g/mol. The zero-order chi connectivity index (χ0) is 21.9. The van der Waals surface area contributed by atoms with Crippen molar-refractivity contribution in [3.63, 3.8) is 0 Å². The molecule has 1 aliphatic rings. The summed E-state index contributed by atoms with van der Waals surface area (Å²) >= 11 is 0. The molecule has 0 N–H and O–H groups in total. The van der Waals surface area contributed by atoms with E-state index < -0.39 is 0 Å². The predicted molar refractivity (Wildman–Crippen MR) is 138 cm³/mol. The van der Waals surface area contributed by atoms with Crippen LogP contribution in [-0.4, -0.2) is 56.2 Å². The van der Waals surface area contributed by atoms with E-state index >= 15 is 0 Å². The van der Waals surface area contributed by atoms with Crippen LogP contribution in [0.15, 0.2) is 76.1 Å². The van der Waals surface area contributed by atoms with Crippen LogP contribution >= 0.6 is 12.4 Å². The van der Waals surface area contributed by atoms with Gasteiger partial charge in [-0.05, 0) is 36.6 Å². The Morgan fingerprint density at radius 2 is 1.70 bits per heavy atom. The molecule has 0 saturated carbocycles. The Balaban J connectivity index is 0.00000259. The van der Waals surface area contributed by atoms with Crippen LogP contribution in [0.4, 0.5) is 11.5 Å². The van der Waals surface area contributed by atoms with Crippen LogP contribution in [0, 0.1) is 0 Å². The number of pyridine rings is 1. The SMILES string of the molecule is CN(CCCN1CCN(c2nccc3ccccc23)CC1)c1cc(=O)oc2ccccc12.Cl. The molecule has 0 aliphatic carbocycles. The maximum atomic E-state index is 11.9. The standard InChI is InChI=1S/C26H28N4O2.ClH/c1-28(23-19-25(31)32-24-10-5-4-9-22(23)24)13-6-14-29-15-17-30(18-16-29)26-21-8-3-2-7-20(21)11-12-27-26;/h2-5,7-12,19H,6,13-18H2,1H3;1H. The van der Waals surface area contributed by atoms with Gasteiger partial charge < -0.3 is 14.2 Å². The van der Waals surface area contributed by atoms with Crippen LogP contribution in [0.3, 0.4) is 0 Å². The summed E-state index contributed by atoms with van der Waals surface area (Å²) in [6.07, 6.45) is 2.95. The van der Waals surface area contributed by atoms with Crippen molar-refractivity contribution >= 4 is 45.7 Å². The molecule has 0 bridgehead atoms. The molecule has 3 heterocycles. The number of rotatable bonds is 6. The Kier molecular flexibility index (Phi) is 7.16. The Hall–Kier alpha value is -3.09. The third-order valence-corrected chi connectivity index (χ3v) is 6.33. The Morgan fingerprint density at radius 1 is 0.970 bits per heavy atom. The summed E-state index contributed by atoms with van der Waals surface area (Å²) in [5.74, 6) is 1.09. The second-order valence-electron chi connectivity index (χ2n) is 8.41. The van der Waals surface area contributed by atoms with Crippen molar-refractivity contribution in [3.05, 3.63) is 77.3 Å². The van der Waals surface area contributed by atoms with Gasteiger partial charge in [0, 0.05) is 62.8 Å². The van der Waals surface area contributed by atoms with Crippen molar-refractivity contribution in [2.24, 2.45) is 0 Å². The Labute approximate surface area is 199 Å². The van der Waals surface area contributed by atoms with Crippen molar-refractivity contribution in [2.75, 3.05) is 56.1 Å². The molecule has 1 aliphatic heterocycles. The number of hydrogen-bond donors (Lipinski definition) is 0. The van der Waals surface area contributed by atoms with Crippen molar-refractivity contribution < 1.29 is 4.42 Å². The first-order chi connectivity index (χ1) is 15.7. The highest BCUT2D eigenvalue weighted by Gasteiger charge is 2.19. The largest absolute Gasteiger partial charge is 0.423 e. The second-order valence-corrected chi connectivity index (χ2v) is 8.41. The number of hydrogen-bond acceptors (Lipinski definition) is 6. The van der Waals surface area contributed by atoms with E-state index in [9.17, 15) is 4.79 Å². The van der Waals surface area contributed by atoms with Crippen molar-refractivity contribution in [3.8, 4) is 0 Å². The van der Waals surface area contributed by atoms with Gasteiger partial charge in [-0.25, -0.2) is 9.78 Å². The zero-order valence-electron chi connectivity index (χ0n) is 18.8. The maximum Gasteiger partial charge on any atom is 0.338 e.